The van der Waals surface area contributed by atoms with E-state index in [0.29, 0.717) is 31.8 Å². The maximum Gasteiger partial charge on any atom is 0.262 e. The Morgan fingerprint density at radius 1 is 1.29 bits per heavy atom. The molecule has 1 aliphatic heterocycles. The maximum atomic E-state index is 13.1. The summed E-state index contributed by atoms with van der Waals surface area (Å²) in [5, 5.41) is 0.0662. The number of aromatic nitrogens is 3. The van der Waals surface area contributed by atoms with Crippen molar-refractivity contribution in [2.75, 3.05) is 18.0 Å². The number of hydrogen-bond acceptors (Lipinski definition) is 5. The van der Waals surface area contributed by atoms with Gasteiger partial charge >= 0.3 is 0 Å². The maximum absolute atomic E-state index is 13.1. The molecule has 2 aromatic rings. The smallest absolute Gasteiger partial charge is 0.262 e. The van der Waals surface area contributed by atoms with Gasteiger partial charge in [-0.1, -0.05) is 0 Å². The first-order valence-corrected chi connectivity index (χ1v) is 10.9. The molecule has 1 aliphatic rings. The van der Waals surface area contributed by atoms with Crippen LogP contribution in [0.2, 0.25) is 0 Å². The number of piperidine rings is 1. The van der Waals surface area contributed by atoms with Crippen LogP contribution in [0.15, 0.2) is 35.7 Å². The summed E-state index contributed by atoms with van der Waals surface area (Å²) < 4.78 is 28.8. The molecule has 152 valence electrons. The number of carbonyl (C=O) groups is 1. The van der Waals surface area contributed by atoms with Crippen molar-refractivity contribution in [1.82, 2.24) is 18.8 Å². The van der Waals surface area contributed by atoms with Crippen molar-refractivity contribution in [1.29, 1.82) is 0 Å². The zero-order valence-corrected chi connectivity index (χ0v) is 17.6. The van der Waals surface area contributed by atoms with E-state index in [1.165, 1.54) is 10.5 Å². The van der Waals surface area contributed by atoms with Gasteiger partial charge in [-0.15, -0.1) is 0 Å². The molecule has 0 spiro atoms. The third kappa shape index (κ3) is 3.95. The lowest BCUT2D eigenvalue weighted by atomic mass is 9.95. The van der Waals surface area contributed by atoms with Crippen LogP contribution in [0, 0.1) is 12.8 Å². The minimum atomic E-state index is -3.64. The van der Waals surface area contributed by atoms with Gasteiger partial charge in [0.2, 0.25) is 5.91 Å². The van der Waals surface area contributed by atoms with Gasteiger partial charge in [0.15, 0.2) is 5.03 Å². The highest BCUT2D eigenvalue weighted by Gasteiger charge is 2.35. The summed E-state index contributed by atoms with van der Waals surface area (Å²) >= 11 is 0. The van der Waals surface area contributed by atoms with E-state index in [1.807, 2.05) is 26.0 Å². The third-order valence-corrected chi connectivity index (χ3v) is 6.94. The number of anilines is 1. The Morgan fingerprint density at radius 2 is 1.96 bits per heavy atom. The van der Waals surface area contributed by atoms with E-state index in [4.69, 9.17) is 0 Å². The molecule has 28 heavy (non-hydrogen) atoms. The monoisotopic (exact) mass is 405 g/mol. The number of hydrogen-bond donors (Lipinski definition) is 0. The normalized spacial score (nSPS) is 16.5. The summed E-state index contributed by atoms with van der Waals surface area (Å²) in [6.07, 6.45) is 5.88. The minimum Gasteiger partial charge on any atom is -0.337 e. The number of imidazole rings is 1. The largest absolute Gasteiger partial charge is 0.337 e. The van der Waals surface area contributed by atoms with Crippen LogP contribution in [-0.2, 0) is 21.9 Å². The number of aryl methyl sites for hydroxylation is 2. The molecular weight excluding hydrogens is 378 g/mol. The van der Waals surface area contributed by atoms with Crippen LogP contribution >= 0.6 is 0 Å². The molecule has 8 nitrogen and oxygen atoms in total. The second kappa shape index (κ2) is 8.00. The number of sulfonamides is 1. The lowest BCUT2D eigenvalue weighted by molar-refractivity contribution is -0.123. The fourth-order valence-corrected chi connectivity index (χ4v) is 4.99. The Kier molecular flexibility index (Phi) is 5.85. The van der Waals surface area contributed by atoms with Gasteiger partial charge in [-0.2, -0.15) is 4.31 Å². The topological polar surface area (TPSA) is 88.4 Å². The van der Waals surface area contributed by atoms with Crippen LogP contribution in [0.4, 0.5) is 5.69 Å². The van der Waals surface area contributed by atoms with E-state index in [1.54, 1.807) is 35.8 Å². The second-order valence-electron chi connectivity index (χ2n) is 7.43. The fourth-order valence-electron chi connectivity index (χ4n) is 3.50. The van der Waals surface area contributed by atoms with Gasteiger partial charge in [0.1, 0.15) is 5.82 Å². The third-order valence-electron chi connectivity index (χ3n) is 5.17. The van der Waals surface area contributed by atoms with Crippen molar-refractivity contribution in [2.45, 2.75) is 44.7 Å². The Balaban J connectivity index is 1.71. The molecule has 0 atom stereocenters. The van der Waals surface area contributed by atoms with Gasteiger partial charge in [-0.25, -0.2) is 13.4 Å². The van der Waals surface area contributed by atoms with Gasteiger partial charge in [-0.05, 0) is 45.7 Å². The van der Waals surface area contributed by atoms with E-state index in [9.17, 15) is 13.2 Å². The molecule has 2 aromatic heterocycles. The molecule has 0 aliphatic carbocycles. The Bertz CT molecular complexity index is 912. The van der Waals surface area contributed by atoms with Crippen molar-refractivity contribution in [3.05, 3.63) is 36.5 Å². The van der Waals surface area contributed by atoms with Gasteiger partial charge in [0, 0.05) is 44.5 Å². The van der Waals surface area contributed by atoms with Crippen LogP contribution < -0.4 is 4.90 Å². The van der Waals surface area contributed by atoms with Crippen molar-refractivity contribution in [3.63, 3.8) is 0 Å². The van der Waals surface area contributed by atoms with Crippen molar-refractivity contribution >= 4 is 21.6 Å². The summed E-state index contributed by atoms with van der Waals surface area (Å²) in [6.45, 7) is 6.32. The number of pyridine rings is 1. The average molecular weight is 406 g/mol. The lowest BCUT2D eigenvalue weighted by Crippen LogP contribution is -2.46. The van der Waals surface area contributed by atoms with E-state index < -0.39 is 10.0 Å². The first kappa shape index (κ1) is 20.5. The average Bonchev–Trinajstić information content (AvgIpc) is 3.02. The molecule has 0 aromatic carbocycles. The standard InChI is InChI=1S/C19H27N5O3S/c1-14(2)24(17-6-5-9-20-12-17)19(25)16-7-10-23(11-8-16)28(26,27)18-13-22(4)15(3)21-18/h5-6,9,12-14,16H,7-8,10-11H2,1-4H3. The first-order valence-electron chi connectivity index (χ1n) is 9.45. The van der Waals surface area contributed by atoms with Gasteiger partial charge in [0.05, 0.1) is 11.9 Å². The SMILES string of the molecule is Cc1nc(S(=O)(=O)N2CCC(C(=O)N(c3cccnc3)C(C)C)CC2)cn1C. The molecule has 0 unspecified atom stereocenters. The predicted octanol–water partition coefficient (Wildman–Crippen LogP) is 1.97. The minimum absolute atomic E-state index is 0.00467. The summed E-state index contributed by atoms with van der Waals surface area (Å²) in [4.78, 5) is 23.1. The number of amides is 1. The van der Waals surface area contributed by atoms with Crippen molar-refractivity contribution in [3.8, 4) is 0 Å². The number of carbonyl (C=O) groups excluding carboxylic acids is 1. The molecule has 3 rings (SSSR count). The molecule has 0 saturated carbocycles. The summed E-state index contributed by atoms with van der Waals surface area (Å²) in [6, 6.07) is 3.67. The number of nitrogens with zero attached hydrogens (tertiary/aromatic N) is 5. The quantitative estimate of drug-likeness (QED) is 0.759. The molecule has 0 N–H and O–H groups in total. The Hall–Kier alpha value is -2.26. The van der Waals surface area contributed by atoms with Crippen LogP contribution in [-0.4, -0.2) is 52.3 Å². The van der Waals surface area contributed by atoms with Gasteiger partial charge in [-0.3, -0.25) is 9.78 Å². The summed E-state index contributed by atoms with van der Waals surface area (Å²) in [7, 11) is -1.87. The molecule has 1 amide bonds. The molecule has 1 saturated heterocycles. The van der Waals surface area contributed by atoms with Crippen LogP contribution in [0.1, 0.15) is 32.5 Å². The van der Waals surface area contributed by atoms with Gasteiger partial charge < -0.3 is 9.47 Å². The molecular formula is C19H27N5O3S. The van der Waals surface area contributed by atoms with Crippen molar-refractivity contribution in [2.24, 2.45) is 13.0 Å². The van der Waals surface area contributed by atoms with Crippen LogP contribution in [0.25, 0.3) is 0 Å². The van der Waals surface area contributed by atoms with E-state index >= 15 is 0 Å². The summed E-state index contributed by atoms with van der Waals surface area (Å²) in [5.41, 5.74) is 0.765. The molecule has 0 radical (unpaired) electrons. The van der Waals surface area contributed by atoms with E-state index in [-0.39, 0.29) is 22.9 Å². The van der Waals surface area contributed by atoms with Crippen LogP contribution in [0.3, 0.4) is 0 Å². The highest BCUT2D eigenvalue weighted by molar-refractivity contribution is 7.89. The summed E-state index contributed by atoms with van der Waals surface area (Å²) in [5.74, 6) is 0.459. The fraction of sp³-hybridized carbons (Fsp3) is 0.526. The van der Waals surface area contributed by atoms with Crippen LogP contribution in [0.5, 0.6) is 0 Å². The number of rotatable bonds is 5. The highest BCUT2D eigenvalue weighted by atomic mass is 32.2. The first-order chi connectivity index (χ1) is 13.2. The Morgan fingerprint density at radius 3 is 2.46 bits per heavy atom. The van der Waals surface area contributed by atoms with E-state index in [2.05, 4.69) is 9.97 Å². The van der Waals surface area contributed by atoms with Gasteiger partial charge in [0.25, 0.3) is 10.0 Å². The lowest BCUT2D eigenvalue weighted by Gasteiger charge is -2.35. The van der Waals surface area contributed by atoms with Crippen molar-refractivity contribution < 1.29 is 13.2 Å². The predicted molar refractivity (Wildman–Crippen MR) is 106 cm³/mol. The molecule has 1 fully saturated rings. The second-order valence-corrected chi connectivity index (χ2v) is 9.31. The molecule has 3 heterocycles. The zero-order chi connectivity index (χ0) is 20.5. The van der Waals surface area contributed by atoms with E-state index in [0.717, 1.165) is 5.69 Å². The molecule has 0 bridgehead atoms. The Labute approximate surface area is 166 Å². The molecule has 9 heteroatoms. The zero-order valence-electron chi connectivity index (χ0n) is 16.7. The highest BCUT2D eigenvalue weighted by Crippen LogP contribution is 2.27.